The van der Waals surface area contributed by atoms with Gasteiger partial charge in [-0.3, -0.25) is 0 Å². The number of hydrogen-bond donors (Lipinski definition) is 4. The van der Waals surface area contributed by atoms with E-state index < -0.39 is 5.60 Å². The molecular formula is C16H23N3O2. The van der Waals surface area contributed by atoms with Gasteiger partial charge in [-0.25, -0.2) is 0 Å². The Kier molecular flexibility index (Phi) is 4.55. The Morgan fingerprint density at radius 3 is 3.19 bits per heavy atom. The monoisotopic (exact) mass is 289 g/mol. The van der Waals surface area contributed by atoms with Crippen LogP contribution in [0.3, 0.4) is 0 Å². The minimum Gasteiger partial charge on any atom is -0.385 e. The molecule has 1 aromatic carbocycles. The molecule has 1 aliphatic rings. The Labute approximate surface area is 124 Å². The molecule has 1 fully saturated rings. The number of ether oxygens (including phenoxy) is 1. The average Bonchev–Trinajstić information content (AvgIpc) is 2.78. The van der Waals surface area contributed by atoms with Gasteiger partial charge in [-0.05, 0) is 24.6 Å². The van der Waals surface area contributed by atoms with Crippen molar-refractivity contribution in [1.82, 2.24) is 15.6 Å². The third-order valence-corrected chi connectivity index (χ3v) is 3.95. The normalized spacial score (nSPS) is 23.3. The second-order valence-corrected chi connectivity index (χ2v) is 5.74. The lowest BCUT2D eigenvalue weighted by Gasteiger charge is -2.26. The topological polar surface area (TPSA) is 69.3 Å². The Morgan fingerprint density at radius 2 is 2.24 bits per heavy atom. The maximum Gasteiger partial charge on any atom is 0.113 e. The van der Waals surface area contributed by atoms with E-state index in [1.54, 1.807) is 0 Å². The van der Waals surface area contributed by atoms with E-state index in [4.69, 9.17) is 4.74 Å². The largest absolute Gasteiger partial charge is 0.385 e. The predicted molar refractivity (Wildman–Crippen MR) is 83.5 cm³/mol. The molecule has 2 heterocycles. The highest BCUT2D eigenvalue weighted by molar-refractivity contribution is 5.83. The predicted octanol–water partition coefficient (Wildman–Crippen LogP) is 0.651. The lowest BCUT2D eigenvalue weighted by molar-refractivity contribution is -0.0260. The zero-order chi connectivity index (χ0) is 14.5. The van der Waals surface area contributed by atoms with Gasteiger partial charge in [0, 0.05) is 36.7 Å². The van der Waals surface area contributed by atoms with Crippen LogP contribution in [-0.4, -0.2) is 55.1 Å². The number of fused-ring (bicyclic) bond motifs is 1. The number of aliphatic hydroxyl groups is 1. The Bertz CT molecular complexity index is 574. The highest BCUT2D eigenvalue weighted by Crippen LogP contribution is 2.17. The third kappa shape index (κ3) is 3.63. The number of aromatic nitrogens is 1. The maximum absolute atomic E-state index is 10.4. The van der Waals surface area contributed by atoms with Gasteiger partial charge < -0.3 is 25.5 Å². The van der Waals surface area contributed by atoms with Gasteiger partial charge in [-0.15, -0.1) is 0 Å². The number of aromatic amines is 1. The SMILES string of the molecule is OC1(CNCCc2c[nH]c3ccccc23)CNCCOC1. The molecule has 2 aromatic rings. The molecule has 0 spiro atoms. The summed E-state index contributed by atoms with van der Waals surface area (Å²) >= 11 is 0. The molecule has 1 aromatic heterocycles. The lowest BCUT2D eigenvalue weighted by atomic mass is 10.1. The molecule has 1 unspecified atom stereocenters. The summed E-state index contributed by atoms with van der Waals surface area (Å²) in [5.41, 5.74) is 1.67. The second kappa shape index (κ2) is 6.58. The number of rotatable bonds is 5. The Hall–Kier alpha value is -1.40. The number of H-pyrrole nitrogens is 1. The molecule has 114 valence electrons. The first-order valence-electron chi connectivity index (χ1n) is 7.53. The molecule has 0 radical (unpaired) electrons. The molecule has 4 N–H and O–H groups in total. The van der Waals surface area contributed by atoms with Gasteiger partial charge in [0.05, 0.1) is 13.2 Å². The molecule has 3 rings (SSSR count). The van der Waals surface area contributed by atoms with E-state index in [0.717, 1.165) is 19.5 Å². The van der Waals surface area contributed by atoms with Crippen molar-refractivity contribution in [1.29, 1.82) is 0 Å². The number of para-hydroxylation sites is 1. The molecule has 0 amide bonds. The maximum atomic E-state index is 10.4. The van der Waals surface area contributed by atoms with Gasteiger partial charge in [0.1, 0.15) is 5.60 Å². The quantitative estimate of drug-likeness (QED) is 0.610. The molecule has 5 heteroatoms. The van der Waals surface area contributed by atoms with E-state index >= 15 is 0 Å². The number of β-amino-alcohol motifs (C(OH)–C–C–N with tert-alkyl or cyclic N) is 1. The summed E-state index contributed by atoms with van der Waals surface area (Å²) in [4.78, 5) is 3.29. The second-order valence-electron chi connectivity index (χ2n) is 5.74. The van der Waals surface area contributed by atoms with E-state index in [2.05, 4.69) is 40.0 Å². The van der Waals surface area contributed by atoms with Crippen LogP contribution in [0.1, 0.15) is 5.56 Å². The van der Waals surface area contributed by atoms with Crippen LogP contribution in [0.2, 0.25) is 0 Å². The first-order valence-corrected chi connectivity index (χ1v) is 7.53. The van der Waals surface area contributed by atoms with Crippen molar-refractivity contribution in [2.45, 2.75) is 12.0 Å². The minimum atomic E-state index is -0.809. The highest BCUT2D eigenvalue weighted by atomic mass is 16.5. The van der Waals surface area contributed by atoms with E-state index in [9.17, 15) is 5.11 Å². The van der Waals surface area contributed by atoms with Crippen molar-refractivity contribution in [3.05, 3.63) is 36.0 Å². The van der Waals surface area contributed by atoms with Gasteiger partial charge in [0.25, 0.3) is 0 Å². The lowest BCUT2D eigenvalue weighted by Crippen LogP contribution is -2.50. The van der Waals surface area contributed by atoms with Crippen LogP contribution in [0.5, 0.6) is 0 Å². The Morgan fingerprint density at radius 1 is 1.33 bits per heavy atom. The fourth-order valence-corrected chi connectivity index (χ4v) is 2.77. The van der Waals surface area contributed by atoms with Crippen LogP contribution in [-0.2, 0) is 11.2 Å². The van der Waals surface area contributed by atoms with Gasteiger partial charge in [0.15, 0.2) is 0 Å². The first kappa shape index (κ1) is 14.5. The summed E-state index contributed by atoms with van der Waals surface area (Å²) in [5, 5.41) is 18.2. The summed E-state index contributed by atoms with van der Waals surface area (Å²) in [6.07, 6.45) is 3.01. The van der Waals surface area contributed by atoms with E-state index in [0.29, 0.717) is 26.3 Å². The minimum absolute atomic E-state index is 0.389. The fourth-order valence-electron chi connectivity index (χ4n) is 2.77. The molecule has 1 aliphatic heterocycles. The van der Waals surface area contributed by atoms with Crippen molar-refractivity contribution >= 4 is 10.9 Å². The van der Waals surface area contributed by atoms with Crippen LogP contribution in [0, 0.1) is 0 Å². The Balaban J connectivity index is 1.50. The van der Waals surface area contributed by atoms with Gasteiger partial charge >= 0.3 is 0 Å². The van der Waals surface area contributed by atoms with E-state index in [-0.39, 0.29) is 0 Å². The summed E-state index contributed by atoms with van der Waals surface area (Å²) in [6.45, 7) is 3.81. The van der Waals surface area contributed by atoms with Crippen LogP contribution in [0.15, 0.2) is 30.5 Å². The molecule has 0 bridgehead atoms. The molecule has 1 saturated heterocycles. The molecule has 0 saturated carbocycles. The van der Waals surface area contributed by atoms with Gasteiger partial charge in [-0.1, -0.05) is 18.2 Å². The van der Waals surface area contributed by atoms with Gasteiger partial charge in [0.2, 0.25) is 0 Å². The molecule has 5 nitrogen and oxygen atoms in total. The smallest absolute Gasteiger partial charge is 0.113 e. The number of benzene rings is 1. The molecular weight excluding hydrogens is 266 g/mol. The van der Waals surface area contributed by atoms with Crippen molar-refractivity contribution in [3.8, 4) is 0 Å². The molecule has 21 heavy (non-hydrogen) atoms. The van der Waals surface area contributed by atoms with Crippen LogP contribution < -0.4 is 10.6 Å². The van der Waals surface area contributed by atoms with E-state index in [1.165, 1.54) is 16.5 Å². The van der Waals surface area contributed by atoms with E-state index in [1.807, 2.05) is 6.07 Å². The standard InChI is InChI=1S/C16H23N3O2/c20-16(11-18-7-8-21-12-16)10-17-6-5-13-9-19-15-4-2-1-3-14(13)15/h1-4,9,17-20H,5-8,10-12H2. The average molecular weight is 289 g/mol. The van der Waals surface area contributed by atoms with Crippen LogP contribution in [0.25, 0.3) is 10.9 Å². The fraction of sp³-hybridized carbons (Fsp3) is 0.500. The summed E-state index contributed by atoms with van der Waals surface area (Å²) in [6, 6.07) is 8.32. The first-order chi connectivity index (χ1) is 10.3. The molecule has 0 aliphatic carbocycles. The van der Waals surface area contributed by atoms with Crippen molar-refractivity contribution in [3.63, 3.8) is 0 Å². The third-order valence-electron chi connectivity index (χ3n) is 3.95. The summed E-state index contributed by atoms with van der Waals surface area (Å²) in [5.74, 6) is 0. The molecule has 1 atom stereocenters. The highest BCUT2D eigenvalue weighted by Gasteiger charge is 2.28. The zero-order valence-electron chi connectivity index (χ0n) is 12.2. The zero-order valence-corrected chi connectivity index (χ0v) is 12.2. The van der Waals surface area contributed by atoms with Crippen molar-refractivity contribution in [2.75, 3.05) is 39.4 Å². The summed E-state index contributed by atoms with van der Waals surface area (Å²) < 4.78 is 5.41. The van der Waals surface area contributed by atoms with Gasteiger partial charge in [-0.2, -0.15) is 0 Å². The van der Waals surface area contributed by atoms with Crippen molar-refractivity contribution in [2.24, 2.45) is 0 Å². The van der Waals surface area contributed by atoms with Crippen LogP contribution in [0.4, 0.5) is 0 Å². The number of nitrogens with one attached hydrogen (secondary N) is 3. The van der Waals surface area contributed by atoms with Crippen LogP contribution >= 0.6 is 0 Å². The summed E-state index contributed by atoms with van der Waals surface area (Å²) in [7, 11) is 0. The number of hydrogen-bond acceptors (Lipinski definition) is 4. The van der Waals surface area contributed by atoms with Crippen molar-refractivity contribution < 1.29 is 9.84 Å².